The lowest BCUT2D eigenvalue weighted by Gasteiger charge is -2.10. The summed E-state index contributed by atoms with van der Waals surface area (Å²) in [6.45, 7) is 3.82. The lowest BCUT2D eigenvalue weighted by atomic mass is 10.0. The quantitative estimate of drug-likeness (QED) is 0.760. The fourth-order valence-electron chi connectivity index (χ4n) is 2.65. The minimum atomic E-state index is -0.200. The van der Waals surface area contributed by atoms with E-state index in [9.17, 15) is 9.90 Å². The van der Waals surface area contributed by atoms with Crippen molar-refractivity contribution < 1.29 is 9.84 Å². The number of hydrogen-bond donors (Lipinski definition) is 2. The van der Waals surface area contributed by atoms with Crippen LogP contribution in [0.4, 0.5) is 0 Å². The Morgan fingerprint density at radius 3 is 2.45 bits per heavy atom. The molecule has 4 nitrogen and oxygen atoms in total. The maximum absolute atomic E-state index is 12.4. The number of aromatic hydroxyl groups is 1. The number of benzene rings is 2. The van der Waals surface area contributed by atoms with Crippen LogP contribution < -0.4 is 10.3 Å². The molecule has 0 bridgehead atoms. The van der Waals surface area contributed by atoms with Crippen molar-refractivity contribution in [3.63, 3.8) is 0 Å². The number of aromatic nitrogens is 1. The molecule has 0 unspecified atom stereocenters. The molecule has 2 aromatic carbocycles. The zero-order valence-corrected chi connectivity index (χ0v) is 12.7. The van der Waals surface area contributed by atoms with Gasteiger partial charge in [0.15, 0.2) is 0 Å². The van der Waals surface area contributed by atoms with Crippen LogP contribution >= 0.6 is 0 Å². The Morgan fingerprint density at radius 2 is 1.77 bits per heavy atom. The van der Waals surface area contributed by atoms with E-state index >= 15 is 0 Å². The predicted molar refractivity (Wildman–Crippen MR) is 87.7 cm³/mol. The third-order valence-corrected chi connectivity index (χ3v) is 3.73. The largest absolute Gasteiger partial charge is 0.507 e. The smallest absolute Gasteiger partial charge is 0.256 e. The number of rotatable bonds is 2. The minimum absolute atomic E-state index is 0.140. The van der Waals surface area contributed by atoms with Crippen molar-refractivity contribution in [1.82, 2.24) is 4.98 Å². The third kappa shape index (κ3) is 2.33. The molecule has 0 atom stereocenters. The molecular weight excluding hydrogens is 278 g/mol. The van der Waals surface area contributed by atoms with Gasteiger partial charge in [0.1, 0.15) is 11.5 Å². The van der Waals surface area contributed by atoms with Gasteiger partial charge in [0, 0.05) is 10.9 Å². The van der Waals surface area contributed by atoms with E-state index in [2.05, 4.69) is 4.98 Å². The SMILES string of the molecule is COc1cc(C)cc2c(=O)[nH]c(-c3ccc(C)cc3O)cc12. The Hall–Kier alpha value is -2.75. The average molecular weight is 295 g/mol. The predicted octanol–water partition coefficient (Wildman–Crippen LogP) is 3.53. The number of phenols is 1. The van der Waals surface area contributed by atoms with Crippen LogP contribution in [-0.2, 0) is 0 Å². The van der Waals surface area contributed by atoms with Crippen molar-refractivity contribution in [2.24, 2.45) is 0 Å². The van der Waals surface area contributed by atoms with Crippen molar-refractivity contribution >= 4 is 10.8 Å². The molecule has 0 aliphatic rings. The molecule has 1 aromatic heterocycles. The van der Waals surface area contributed by atoms with E-state index in [1.807, 2.05) is 38.1 Å². The van der Waals surface area contributed by atoms with E-state index in [4.69, 9.17) is 4.74 Å². The van der Waals surface area contributed by atoms with E-state index in [1.54, 1.807) is 19.2 Å². The summed E-state index contributed by atoms with van der Waals surface area (Å²) in [7, 11) is 1.58. The second kappa shape index (κ2) is 5.22. The molecule has 0 aliphatic heterocycles. The van der Waals surface area contributed by atoms with Crippen LogP contribution in [0.3, 0.4) is 0 Å². The third-order valence-electron chi connectivity index (χ3n) is 3.73. The molecule has 0 radical (unpaired) electrons. The van der Waals surface area contributed by atoms with Gasteiger partial charge in [-0.3, -0.25) is 4.79 Å². The van der Waals surface area contributed by atoms with Crippen LogP contribution in [0.5, 0.6) is 11.5 Å². The maximum Gasteiger partial charge on any atom is 0.256 e. The standard InChI is InChI=1S/C18H17NO3/c1-10-4-5-12(16(20)7-10)15-9-13-14(18(21)19-15)6-11(2)8-17(13)22-3/h4-9,20H,1-3H3,(H,19,21). The summed E-state index contributed by atoms with van der Waals surface area (Å²) >= 11 is 0. The Balaban J connectivity index is 2.33. The van der Waals surface area contributed by atoms with Gasteiger partial charge in [-0.2, -0.15) is 0 Å². The monoisotopic (exact) mass is 295 g/mol. The highest BCUT2D eigenvalue weighted by molar-refractivity contribution is 5.91. The summed E-state index contributed by atoms with van der Waals surface area (Å²) in [5.74, 6) is 0.787. The molecule has 0 spiro atoms. The number of methoxy groups -OCH3 is 1. The second-order valence-electron chi connectivity index (χ2n) is 5.46. The van der Waals surface area contributed by atoms with Crippen molar-refractivity contribution in [3.8, 4) is 22.8 Å². The molecule has 2 N–H and O–H groups in total. The summed E-state index contributed by atoms with van der Waals surface area (Å²) < 4.78 is 5.39. The van der Waals surface area contributed by atoms with E-state index in [0.717, 1.165) is 16.5 Å². The Morgan fingerprint density at radius 1 is 1.00 bits per heavy atom. The number of fused-ring (bicyclic) bond motifs is 1. The van der Waals surface area contributed by atoms with Crippen molar-refractivity contribution in [3.05, 3.63) is 57.9 Å². The van der Waals surface area contributed by atoms with Gasteiger partial charge in [-0.15, -0.1) is 0 Å². The van der Waals surface area contributed by atoms with E-state index in [-0.39, 0.29) is 11.3 Å². The van der Waals surface area contributed by atoms with Crippen molar-refractivity contribution in [2.45, 2.75) is 13.8 Å². The van der Waals surface area contributed by atoms with E-state index < -0.39 is 0 Å². The summed E-state index contributed by atoms with van der Waals surface area (Å²) in [5, 5.41) is 11.4. The van der Waals surface area contributed by atoms with Crippen LogP contribution in [-0.4, -0.2) is 17.2 Å². The number of hydrogen-bond acceptors (Lipinski definition) is 3. The van der Waals surface area contributed by atoms with Gasteiger partial charge in [-0.1, -0.05) is 6.07 Å². The van der Waals surface area contributed by atoms with Crippen LogP contribution in [0.25, 0.3) is 22.0 Å². The minimum Gasteiger partial charge on any atom is -0.507 e. The molecule has 0 fully saturated rings. The zero-order chi connectivity index (χ0) is 15.9. The van der Waals surface area contributed by atoms with Crippen LogP contribution in [0.2, 0.25) is 0 Å². The highest BCUT2D eigenvalue weighted by Crippen LogP contribution is 2.32. The molecule has 3 rings (SSSR count). The van der Waals surface area contributed by atoms with Crippen molar-refractivity contribution in [1.29, 1.82) is 0 Å². The maximum atomic E-state index is 12.4. The number of aromatic amines is 1. The van der Waals surface area contributed by atoms with Crippen LogP contribution in [0.15, 0.2) is 41.2 Å². The average Bonchev–Trinajstić information content (AvgIpc) is 2.47. The normalized spacial score (nSPS) is 10.9. The molecule has 112 valence electrons. The topological polar surface area (TPSA) is 62.3 Å². The van der Waals surface area contributed by atoms with Gasteiger partial charge >= 0.3 is 0 Å². The van der Waals surface area contributed by atoms with Gasteiger partial charge in [-0.25, -0.2) is 0 Å². The molecule has 1 heterocycles. The highest BCUT2D eigenvalue weighted by Gasteiger charge is 2.11. The number of H-pyrrole nitrogens is 1. The summed E-state index contributed by atoms with van der Waals surface area (Å²) in [6.07, 6.45) is 0. The fourth-order valence-corrected chi connectivity index (χ4v) is 2.65. The van der Waals surface area contributed by atoms with Crippen molar-refractivity contribution in [2.75, 3.05) is 7.11 Å². The van der Waals surface area contributed by atoms with Gasteiger partial charge in [0.05, 0.1) is 18.2 Å². The Kier molecular flexibility index (Phi) is 3.37. The fraction of sp³-hybridized carbons (Fsp3) is 0.167. The first-order valence-electron chi connectivity index (χ1n) is 7.01. The molecule has 22 heavy (non-hydrogen) atoms. The summed E-state index contributed by atoms with van der Waals surface area (Å²) in [4.78, 5) is 15.2. The second-order valence-corrected chi connectivity index (χ2v) is 5.46. The molecule has 0 saturated heterocycles. The summed E-state index contributed by atoms with van der Waals surface area (Å²) in [5.41, 5.74) is 2.87. The molecule has 0 aliphatic carbocycles. The molecule has 0 amide bonds. The summed E-state index contributed by atoms with van der Waals surface area (Å²) in [6, 6.07) is 10.9. The van der Waals surface area contributed by atoms with Gasteiger partial charge in [0.2, 0.25) is 0 Å². The van der Waals surface area contributed by atoms with Gasteiger partial charge in [0.25, 0.3) is 5.56 Å². The van der Waals surface area contributed by atoms with Crippen LogP contribution in [0, 0.1) is 13.8 Å². The van der Waals surface area contributed by atoms with E-state index in [1.165, 1.54) is 0 Å². The highest BCUT2D eigenvalue weighted by atomic mass is 16.5. The van der Waals surface area contributed by atoms with Gasteiger partial charge < -0.3 is 14.8 Å². The number of nitrogens with one attached hydrogen (secondary N) is 1. The van der Waals surface area contributed by atoms with E-state index in [0.29, 0.717) is 22.4 Å². The van der Waals surface area contributed by atoms with Crippen LogP contribution in [0.1, 0.15) is 11.1 Å². The zero-order valence-electron chi connectivity index (χ0n) is 12.7. The molecule has 4 heteroatoms. The number of ether oxygens (including phenoxy) is 1. The number of phenolic OH excluding ortho intramolecular Hbond substituents is 1. The lowest BCUT2D eigenvalue weighted by Crippen LogP contribution is -2.08. The number of pyridine rings is 1. The molecule has 3 aromatic rings. The Bertz CT molecular complexity index is 925. The first-order chi connectivity index (χ1) is 10.5. The van der Waals surface area contributed by atoms with Gasteiger partial charge in [-0.05, 0) is 55.3 Å². The number of aryl methyl sites for hydroxylation is 2. The first-order valence-corrected chi connectivity index (χ1v) is 7.01. The first kappa shape index (κ1) is 14.2. The molecule has 0 saturated carbocycles. The molecular formula is C18H17NO3. The lowest BCUT2D eigenvalue weighted by molar-refractivity contribution is 0.419. The Labute approximate surface area is 128 Å².